The van der Waals surface area contributed by atoms with Crippen LogP contribution in [0, 0.1) is 0 Å². The Bertz CT molecular complexity index is 426. The average Bonchev–Trinajstić information content (AvgIpc) is 2.48. The number of hydrogen-bond acceptors (Lipinski definition) is 3. The van der Waals surface area contributed by atoms with Gasteiger partial charge in [0.25, 0.3) is 0 Å². The summed E-state index contributed by atoms with van der Waals surface area (Å²) in [5, 5.41) is 0. The molecule has 0 amide bonds. The maximum Gasteiger partial charge on any atom is 0.0880 e. The Morgan fingerprint density at radius 3 is 2.69 bits per heavy atom. The van der Waals surface area contributed by atoms with E-state index in [1.165, 1.54) is 10.3 Å². The van der Waals surface area contributed by atoms with Crippen molar-refractivity contribution >= 4 is 21.6 Å². The minimum atomic E-state index is 0.126. The average molecular weight is 192 g/mol. The molecule has 0 bridgehead atoms. The van der Waals surface area contributed by atoms with E-state index in [1.54, 1.807) is 11.3 Å². The standard InChI is InChI=1S/C10H12N2S/c1-10(2,3)7-4-11-5-8-9(7)12-6-13-8/h4-6H,1-3H3. The van der Waals surface area contributed by atoms with Crippen LogP contribution in [0.1, 0.15) is 26.3 Å². The number of nitrogens with zero attached hydrogens (tertiary/aromatic N) is 2. The molecule has 0 radical (unpaired) electrons. The molecular weight excluding hydrogens is 180 g/mol. The molecule has 0 unspecified atom stereocenters. The second kappa shape index (κ2) is 2.77. The maximum absolute atomic E-state index is 4.36. The molecule has 2 rings (SSSR count). The van der Waals surface area contributed by atoms with Crippen molar-refractivity contribution < 1.29 is 0 Å². The van der Waals surface area contributed by atoms with Crippen molar-refractivity contribution in [1.82, 2.24) is 9.97 Å². The first-order valence-electron chi connectivity index (χ1n) is 4.27. The summed E-state index contributed by atoms with van der Waals surface area (Å²) in [5.41, 5.74) is 4.33. The number of hydrogen-bond donors (Lipinski definition) is 0. The molecule has 0 aliphatic rings. The van der Waals surface area contributed by atoms with Gasteiger partial charge in [0.15, 0.2) is 0 Å². The van der Waals surface area contributed by atoms with Gasteiger partial charge >= 0.3 is 0 Å². The lowest BCUT2D eigenvalue weighted by Gasteiger charge is -2.18. The quantitative estimate of drug-likeness (QED) is 0.641. The number of aromatic nitrogens is 2. The summed E-state index contributed by atoms with van der Waals surface area (Å²) >= 11 is 1.64. The molecule has 2 nitrogen and oxygen atoms in total. The van der Waals surface area contributed by atoms with Gasteiger partial charge in [-0.3, -0.25) is 4.98 Å². The third kappa shape index (κ3) is 1.44. The van der Waals surface area contributed by atoms with Crippen LogP contribution < -0.4 is 0 Å². The molecule has 2 heterocycles. The topological polar surface area (TPSA) is 25.8 Å². The van der Waals surface area contributed by atoms with Crippen LogP contribution in [0.3, 0.4) is 0 Å². The smallest absolute Gasteiger partial charge is 0.0880 e. The zero-order chi connectivity index (χ0) is 9.47. The van der Waals surface area contributed by atoms with Crippen molar-refractivity contribution in [1.29, 1.82) is 0 Å². The van der Waals surface area contributed by atoms with Crippen LogP contribution in [-0.2, 0) is 5.41 Å². The number of thiazole rings is 1. The van der Waals surface area contributed by atoms with Gasteiger partial charge in [-0.2, -0.15) is 0 Å². The van der Waals surface area contributed by atoms with E-state index >= 15 is 0 Å². The van der Waals surface area contributed by atoms with Crippen LogP contribution >= 0.6 is 11.3 Å². The molecule has 13 heavy (non-hydrogen) atoms. The van der Waals surface area contributed by atoms with Crippen LogP contribution in [0.15, 0.2) is 17.9 Å². The second-order valence-electron chi connectivity index (χ2n) is 4.14. The van der Waals surface area contributed by atoms with Crippen molar-refractivity contribution in [2.24, 2.45) is 0 Å². The van der Waals surface area contributed by atoms with Gasteiger partial charge in [0, 0.05) is 18.0 Å². The van der Waals surface area contributed by atoms with E-state index in [2.05, 4.69) is 30.7 Å². The Kier molecular flexibility index (Phi) is 1.84. The van der Waals surface area contributed by atoms with Crippen LogP contribution in [0.4, 0.5) is 0 Å². The summed E-state index contributed by atoms with van der Waals surface area (Å²) in [5.74, 6) is 0. The monoisotopic (exact) mass is 192 g/mol. The molecular formula is C10H12N2S. The lowest BCUT2D eigenvalue weighted by Crippen LogP contribution is -2.11. The number of rotatable bonds is 0. The molecule has 0 aliphatic carbocycles. The van der Waals surface area contributed by atoms with E-state index in [9.17, 15) is 0 Å². The van der Waals surface area contributed by atoms with Crippen molar-refractivity contribution in [2.75, 3.05) is 0 Å². The molecule has 0 saturated carbocycles. The zero-order valence-electron chi connectivity index (χ0n) is 8.03. The Labute approximate surface area is 81.7 Å². The van der Waals surface area contributed by atoms with Crippen LogP contribution in [0.5, 0.6) is 0 Å². The van der Waals surface area contributed by atoms with E-state index in [0.717, 1.165) is 5.52 Å². The van der Waals surface area contributed by atoms with Crippen molar-refractivity contribution in [3.8, 4) is 0 Å². The Balaban J connectivity index is 2.75. The summed E-state index contributed by atoms with van der Waals surface area (Å²) in [6, 6.07) is 0. The lowest BCUT2D eigenvalue weighted by atomic mass is 9.88. The first-order valence-corrected chi connectivity index (χ1v) is 5.15. The summed E-state index contributed by atoms with van der Waals surface area (Å²) in [7, 11) is 0. The van der Waals surface area contributed by atoms with Gasteiger partial charge in [-0.15, -0.1) is 11.3 Å². The Morgan fingerprint density at radius 2 is 2.00 bits per heavy atom. The number of fused-ring (bicyclic) bond motifs is 1. The van der Waals surface area contributed by atoms with Gasteiger partial charge in [0.1, 0.15) is 0 Å². The largest absolute Gasteiger partial charge is 0.263 e. The normalized spacial score (nSPS) is 12.2. The third-order valence-corrected chi connectivity index (χ3v) is 2.82. The summed E-state index contributed by atoms with van der Waals surface area (Å²) in [6.45, 7) is 6.55. The molecule has 0 fully saturated rings. The van der Waals surface area contributed by atoms with Gasteiger partial charge < -0.3 is 0 Å². The predicted octanol–water partition coefficient (Wildman–Crippen LogP) is 2.99. The van der Waals surface area contributed by atoms with E-state index in [4.69, 9.17) is 0 Å². The molecule has 0 aromatic carbocycles. The Hall–Kier alpha value is -0.960. The molecule has 0 atom stereocenters. The molecule has 0 saturated heterocycles. The highest BCUT2D eigenvalue weighted by molar-refractivity contribution is 7.16. The van der Waals surface area contributed by atoms with E-state index in [0.29, 0.717) is 0 Å². The first kappa shape index (κ1) is 8.63. The minimum absolute atomic E-state index is 0.126. The minimum Gasteiger partial charge on any atom is -0.263 e. The fourth-order valence-corrected chi connectivity index (χ4v) is 2.01. The van der Waals surface area contributed by atoms with Gasteiger partial charge in [-0.25, -0.2) is 4.98 Å². The fourth-order valence-electron chi connectivity index (χ4n) is 1.34. The van der Waals surface area contributed by atoms with Crippen molar-refractivity contribution in [3.05, 3.63) is 23.5 Å². The van der Waals surface area contributed by atoms with Crippen molar-refractivity contribution in [2.45, 2.75) is 26.2 Å². The molecule has 3 heteroatoms. The van der Waals surface area contributed by atoms with E-state index in [-0.39, 0.29) is 5.41 Å². The fraction of sp³-hybridized carbons (Fsp3) is 0.400. The molecule has 2 aromatic heterocycles. The van der Waals surface area contributed by atoms with E-state index in [1.807, 2.05) is 17.9 Å². The van der Waals surface area contributed by atoms with Crippen molar-refractivity contribution in [3.63, 3.8) is 0 Å². The highest BCUT2D eigenvalue weighted by Gasteiger charge is 2.18. The summed E-state index contributed by atoms with van der Waals surface area (Å²) in [4.78, 5) is 8.59. The van der Waals surface area contributed by atoms with Gasteiger partial charge in [0.05, 0.1) is 15.7 Å². The van der Waals surface area contributed by atoms with Crippen LogP contribution in [-0.4, -0.2) is 9.97 Å². The molecule has 68 valence electrons. The Morgan fingerprint density at radius 1 is 1.23 bits per heavy atom. The van der Waals surface area contributed by atoms with Gasteiger partial charge in [0.2, 0.25) is 0 Å². The highest BCUT2D eigenvalue weighted by atomic mass is 32.1. The second-order valence-corrected chi connectivity index (χ2v) is 5.02. The van der Waals surface area contributed by atoms with Gasteiger partial charge in [-0.05, 0) is 5.41 Å². The van der Waals surface area contributed by atoms with Crippen LogP contribution in [0.2, 0.25) is 0 Å². The predicted molar refractivity (Wildman–Crippen MR) is 56.1 cm³/mol. The number of pyridine rings is 1. The SMILES string of the molecule is CC(C)(C)c1cncc2scnc12. The molecule has 0 aliphatic heterocycles. The molecule has 0 spiro atoms. The van der Waals surface area contributed by atoms with Crippen LogP contribution in [0.25, 0.3) is 10.2 Å². The maximum atomic E-state index is 4.36. The first-order chi connectivity index (χ1) is 6.09. The zero-order valence-corrected chi connectivity index (χ0v) is 8.85. The van der Waals surface area contributed by atoms with Gasteiger partial charge in [-0.1, -0.05) is 20.8 Å². The highest BCUT2D eigenvalue weighted by Crippen LogP contribution is 2.29. The molecule has 2 aromatic rings. The third-order valence-electron chi connectivity index (χ3n) is 2.05. The summed E-state index contributed by atoms with van der Waals surface area (Å²) in [6.07, 6.45) is 3.80. The molecule has 0 N–H and O–H groups in total. The van der Waals surface area contributed by atoms with E-state index < -0.39 is 0 Å². The lowest BCUT2D eigenvalue weighted by molar-refractivity contribution is 0.592. The summed E-state index contributed by atoms with van der Waals surface area (Å²) < 4.78 is 1.17.